The van der Waals surface area contributed by atoms with Gasteiger partial charge in [-0.1, -0.05) is 33.1 Å². The van der Waals surface area contributed by atoms with Crippen LogP contribution < -0.4 is 0 Å². The van der Waals surface area contributed by atoms with E-state index < -0.39 is 0 Å². The molecule has 0 spiro atoms. The molecule has 12 heavy (non-hydrogen) atoms. The van der Waals surface area contributed by atoms with Crippen LogP contribution in [0.4, 0.5) is 0 Å². The molecule has 1 aliphatic rings. The second kappa shape index (κ2) is 5.97. The second-order valence-electron chi connectivity index (χ2n) is 4.47. The van der Waals surface area contributed by atoms with Crippen molar-refractivity contribution in [2.24, 2.45) is 5.92 Å². The average molecular weight is 186 g/mol. The Morgan fingerprint density at radius 1 is 1.17 bits per heavy atom. The lowest BCUT2D eigenvalue weighted by Gasteiger charge is -2.21. The zero-order chi connectivity index (χ0) is 8.81. The van der Waals surface area contributed by atoms with Gasteiger partial charge in [0.15, 0.2) is 0 Å². The molecule has 1 unspecified atom stereocenters. The summed E-state index contributed by atoms with van der Waals surface area (Å²) in [5.41, 5.74) is 1.12. The molecule has 1 saturated carbocycles. The third-order valence-electron chi connectivity index (χ3n) is 2.76. The Morgan fingerprint density at radius 3 is 2.42 bits per heavy atom. The van der Waals surface area contributed by atoms with Crippen molar-refractivity contribution >= 4 is 8.58 Å². The summed E-state index contributed by atoms with van der Waals surface area (Å²) in [6, 6.07) is 0. The van der Waals surface area contributed by atoms with Crippen LogP contribution in [-0.2, 0) is 0 Å². The van der Waals surface area contributed by atoms with Gasteiger partial charge in [-0.3, -0.25) is 0 Å². The average Bonchev–Trinajstić information content (AvgIpc) is 2.05. The molecule has 0 radical (unpaired) electrons. The van der Waals surface area contributed by atoms with Gasteiger partial charge in [0.05, 0.1) is 0 Å². The Balaban J connectivity index is 1.98. The van der Waals surface area contributed by atoms with Crippen molar-refractivity contribution in [2.75, 3.05) is 6.16 Å². The van der Waals surface area contributed by atoms with E-state index in [-0.39, 0.29) is 0 Å². The van der Waals surface area contributed by atoms with Gasteiger partial charge in [-0.2, -0.15) is 0 Å². The molecule has 72 valence electrons. The van der Waals surface area contributed by atoms with Gasteiger partial charge < -0.3 is 0 Å². The Morgan fingerprint density at radius 2 is 1.83 bits per heavy atom. The van der Waals surface area contributed by atoms with Crippen molar-refractivity contribution in [1.29, 1.82) is 0 Å². The van der Waals surface area contributed by atoms with Gasteiger partial charge >= 0.3 is 0 Å². The highest BCUT2D eigenvalue weighted by Gasteiger charge is 2.12. The minimum atomic E-state index is 0.918. The van der Waals surface area contributed by atoms with E-state index >= 15 is 0 Å². The van der Waals surface area contributed by atoms with Gasteiger partial charge in [-0.05, 0) is 37.0 Å². The standard InChI is InChI=1S/C11H23P/c1-10(2)8-9-12-11-6-4-3-5-7-11/h10-12H,3-9H2,1-2H3. The summed E-state index contributed by atoms with van der Waals surface area (Å²) in [5.74, 6) is 0.918. The van der Waals surface area contributed by atoms with Gasteiger partial charge in [0.2, 0.25) is 0 Å². The molecule has 0 aromatic rings. The summed E-state index contributed by atoms with van der Waals surface area (Å²) >= 11 is 0. The van der Waals surface area contributed by atoms with E-state index in [1.165, 1.54) is 53.3 Å². The molecular formula is C11H23P. The molecule has 1 aliphatic carbocycles. The van der Waals surface area contributed by atoms with Gasteiger partial charge in [-0.15, -0.1) is 8.58 Å². The van der Waals surface area contributed by atoms with Crippen LogP contribution >= 0.6 is 8.58 Å². The lowest BCUT2D eigenvalue weighted by molar-refractivity contribution is 0.512. The van der Waals surface area contributed by atoms with Crippen LogP contribution in [0.15, 0.2) is 0 Å². The molecule has 0 saturated heterocycles. The Kier molecular flexibility index (Phi) is 5.23. The molecule has 0 aromatic heterocycles. The Labute approximate surface area is 79.3 Å². The molecule has 1 heteroatoms. The fraction of sp³-hybridized carbons (Fsp3) is 1.00. The zero-order valence-corrected chi connectivity index (χ0v) is 9.60. The molecular weight excluding hydrogens is 163 g/mol. The van der Waals surface area contributed by atoms with E-state index in [0.717, 1.165) is 11.6 Å². The van der Waals surface area contributed by atoms with Crippen LogP contribution in [0.1, 0.15) is 52.4 Å². The predicted molar refractivity (Wildman–Crippen MR) is 59.5 cm³/mol. The van der Waals surface area contributed by atoms with Crippen molar-refractivity contribution in [3.63, 3.8) is 0 Å². The monoisotopic (exact) mass is 186 g/mol. The second-order valence-corrected chi connectivity index (χ2v) is 6.20. The SMILES string of the molecule is CC(C)CCPC1CCCCC1. The van der Waals surface area contributed by atoms with E-state index in [9.17, 15) is 0 Å². The van der Waals surface area contributed by atoms with E-state index in [4.69, 9.17) is 0 Å². The summed E-state index contributed by atoms with van der Waals surface area (Å²) in [6.07, 6.45) is 10.6. The number of rotatable bonds is 4. The normalized spacial score (nSPS) is 21.2. The fourth-order valence-corrected chi connectivity index (χ4v) is 3.85. The van der Waals surface area contributed by atoms with Gasteiger partial charge in [-0.25, -0.2) is 0 Å². The molecule has 1 fully saturated rings. The highest BCUT2D eigenvalue weighted by atomic mass is 31.1. The minimum absolute atomic E-state index is 0.918. The molecule has 0 heterocycles. The summed E-state index contributed by atoms with van der Waals surface area (Å²) in [4.78, 5) is 0. The van der Waals surface area contributed by atoms with Crippen LogP contribution in [0.25, 0.3) is 0 Å². The molecule has 1 atom stereocenters. The van der Waals surface area contributed by atoms with Crippen molar-refractivity contribution < 1.29 is 0 Å². The lowest BCUT2D eigenvalue weighted by atomic mass is 10.0. The maximum absolute atomic E-state index is 2.34. The van der Waals surface area contributed by atoms with Crippen molar-refractivity contribution in [1.82, 2.24) is 0 Å². The first-order valence-electron chi connectivity index (χ1n) is 5.52. The fourth-order valence-electron chi connectivity index (χ4n) is 1.88. The maximum Gasteiger partial charge on any atom is -0.0237 e. The van der Waals surface area contributed by atoms with Crippen molar-refractivity contribution in [3.05, 3.63) is 0 Å². The molecule has 0 bridgehead atoms. The van der Waals surface area contributed by atoms with E-state index in [0.29, 0.717) is 0 Å². The summed E-state index contributed by atoms with van der Waals surface area (Å²) in [6.45, 7) is 4.68. The summed E-state index contributed by atoms with van der Waals surface area (Å²) in [7, 11) is 1.27. The first-order chi connectivity index (χ1) is 5.79. The quantitative estimate of drug-likeness (QED) is 0.581. The highest BCUT2D eigenvalue weighted by Crippen LogP contribution is 2.33. The summed E-state index contributed by atoms with van der Waals surface area (Å²) in [5, 5.41) is 0. The maximum atomic E-state index is 2.34. The topological polar surface area (TPSA) is 0 Å². The van der Waals surface area contributed by atoms with E-state index in [1.54, 1.807) is 0 Å². The molecule has 1 rings (SSSR count). The smallest absolute Gasteiger partial charge is 0.0237 e. The van der Waals surface area contributed by atoms with Crippen LogP contribution in [0.3, 0.4) is 0 Å². The third kappa shape index (κ3) is 4.45. The summed E-state index contributed by atoms with van der Waals surface area (Å²) < 4.78 is 0. The third-order valence-corrected chi connectivity index (χ3v) is 4.49. The largest absolute Gasteiger partial charge is 0.119 e. The van der Waals surface area contributed by atoms with Crippen LogP contribution in [0.5, 0.6) is 0 Å². The predicted octanol–water partition coefficient (Wildman–Crippen LogP) is 4.04. The van der Waals surface area contributed by atoms with Gasteiger partial charge in [0.25, 0.3) is 0 Å². The van der Waals surface area contributed by atoms with Crippen LogP contribution in [0.2, 0.25) is 0 Å². The minimum Gasteiger partial charge on any atom is -0.119 e. The molecule has 0 aliphatic heterocycles. The van der Waals surface area contributed by atoms with E-state index in [2.05, 4.69) is 13.8 Å². The van der Waals surface area contributed by atoms with Gasteiger partial charge in [0.1, 0.15) is 0 Å². The van der Waals surface area contributed by atoms with Gasteiger partial charge in [0, 0.05) is 0 Å². The van der Waals surface area contributed by atoms with Crippen molar-refractivity contribution in [2.45, 2.75) is 58.0 Å². The van der Waals surface area contributed by atoms with E-state index in [1.807, 2.05) is 0 Å². The lowest BCUT2D eigenvalue weighted by Crippen LogP contribution is -2.07. The zero-order valence-electron chi connectivity index (χ0n) is 8.60. The number of hydrogen-bond donors (Lipinski definition) is 0. The number of hydrogen-bond acceptors (Lipinski definition) is 0. The van der Waals surface area contributed by atoms with Crippen LogP contribution in [-0.4, -0.2) is 11.8 Å². The molecule has 0 nitrogen and oxygen atoms in total. The Bertz CT molecular complexity index is 104. The molecule has 0 amide bonds. The highest BCUT2D eigenvalue weighted by molar-refractivity contribution is 7.38. The molecule has 0 aromatic carbocycles. The Hall–Kier alpha value is 0.430. The molecule has 0 N–H and O–H groups in total. The van der Waals surface area contributed by atoms with Crippen LogP contribution in [0, 0.1) is 5.92 Å². The first-order valence-corrected chi connectivity index (χ1v) is 6.81. The van der Waals surface area contributed by atoms with Crippen molar-refractivity contribution in [3.8, 4) is 0 Å². The first kappa shape index (κ1) is 10.5.